The molecule has 9 nitrogen and oxygen atoms in total. The van der Waals surface area contributed by atoms with Crippen LogP contribution in [0.1, 0.15) is 35.1 Å². The summed E-state index contributed by atoms with van der Waals surface area (Å²) in [6, 6.07) is 5.74. The second kappa shape index (κ2) is 9.23. The molecule has 0 bridgehead atoms. The number of hydrogen-bond acceptors (Lipinski definition) is 8. The van der Waals surface area contributed by atoms with Crippen LogP contribution in [-0.2, 0) is 29.2 Å². The highest BCUT2D eigenvalue weighted by Gasteiger charge is 2.25. The van der Waals surface area contributed by atoms with E-state index in [1.807, 2.05) is 32.0 Å². The Bertz CT molecular complexity index is 1230. The van der Waals surface area contributed by atoms with Crippen LogP contribution in [0.25, 0.3) is 11.3 Å². The van der Waals surface area contributed by atoms with Crippen molar-refractivity contribution in [2.24, 2.45) is 5.73 Å². The maximum atomic E-state index is 12.4. The number of ether oxygens (including phenoxy) is 1. The highest BCUT2D eigenvalue weighted by molar-refractivity contribution is 6.40. The first-order chi connectivity index (χ1) is 15.8. The van der Waals surface area contributed by atoms with Gasteiger partial charge in [-0.1, -0.05) is 5.16 Å². The highest BCUT2D eigenvalue weighted by atomic mass is 16.5. The van der Waals surface area contributed by atoms with Crippen LogP contribution in [0.3, 0.4) is 0 Å². The van der Waals surface area contributed by atoms with Crippen molar-refractivity contribution in [1.82, 2.24) is 20.0 Å². The number of ketones is 1. The molecule has 3 aromatic rings. The molecule has 0 atom stereocenters. The quantitative estimate of drug-likeness (QED) is 0.452. The van der Waals surface area contributed by atoms with Crippen molar-refractivity contribution in [3.05, 3.63) is 70.5 Å². The smallest absolute Gasteiger partial charge is 0.294 e. The molecule has 170 valence electrons. The number of pyridine rings is 2. The Morgan fingerprint density at radius 1 is 1.21 bits per heavy atom. The highest BCUT2D eigenvalue weighted by Crippen LogP contribution is 2.27. The van der Waals surface area contributed by atoms with Crippen LogP contribution < -0.4 is 10.5 Å². The minimum absolute atomic E-state index is 0.244. The summed E-state index contributed by atoms with van der Waals surface area (Å²) in [6.07, 6.45) is 5.20. The molecular formula is C24H25N5O4. The predicted octanol–water partition coefficient (Wildman–Crippen LogP) is 2.64. The zero-order chi connectivity index (χ0) is 23.5. The molecule has 0 unspecified atom stereocenters. The molecule has 0 fully saturated rings. The monoisotopic (exact) mass is 447 g/mol. The van der Waals surface area contributed by atoms with E-state index < -0.39 is 11.7 Å². The van der Waals surface area contributed by atoms with Gasteiger partial charge in [-0.25, -0.2) is 4.98 Å². The molecule has 1 amide bonds. The van der Waals surface area contributed by atoms with Crippen molar-refractivity contribution < 1.29 is 18.8 Å². The molecule has 9 heteroatoms. The van der Waals surface area contributed by atoms with E-state index in [4.69, 9.17) is 15.0 Å². The number of amides is 1. The van der Waals surface area contributed by atoms with Crippen LogP contribution >= 0.6 is 0 Å². The number of fused-ring (bicyclic) bond motifs is 1. The van der Waals surface area contributed by atoms with Crippen molar-refractivity contribution in [3.8, 4) is 17.1 Å². The molecule has 4 rings (SSSR count). The summed E-state index contributed by atoms with van der Waals surface area (Å²) in [4.78, 5) is 34.6. The molecule has 4 heterocycles. The Morgan fingerprint density at radius 2 is 2.03 bits per heavy atom. The van der Waals surface area contributed by atoms with Gasteiger partial charge in [0.1, 0.15) is 18.1 Å². The summed E-state index contributed by atoms with van der Waals surface area (Å²) in [7, 11) is 0. The normalized spacial score (nSPS) is 13.5. The Hall–Kier alpha value is -4.01. The topological polar surface area (TPSA) is 124 Å². The van der Waals surface area contributed by atoms with Gasteiger partial charge in [-0.2, -0.15) is 0 Å². The molecule has 2 N–H and O–H groups in total. The Kier molecular flexibility index (Phi) is 6.21. The van der Waals surface area contributed by atoms with E-state index in [1.54, 1.807) is 19.3 Å². The average molecular weight is 447 g/mol. The zero-order valence-electron chi connectivity index (χ0n) is 18.8. The van der Waals surface area contributed by atoms with Crippen molar-refractivity contribution in [2.45, 2.75) is 40.3 Å². The number of aryl methyl sites for hydroxylation is 2. The summed E-state index contributed by atoms with van der Waals surface area (Å²) in [5.74, 6) is -0.0362. The number of aromatic nitrogens is 3. The van der Waals surface area contributed by atoms with Crippen molar-refractivity contribution in [3.63, 3.8) is 0 Å². The van der Waals surface area contributed by atoms with E-state index in [-0.39, 0.29) is 6.61 Å². The molecule has 0 saturated heterocycles. The SMILES string of the molecule is CC(N)=CC(=O)C(=O)N1CCc2cc(OCc3c(-c4ccc(C)nc4)noc3C)ncc2C1. The van der Waals surface area contributed by atoms with Gasteiger partial charge in [0.25, 0.3) is 5.91 Å². The summed E-state index contributed by atoms with van der Waals surface area (Å²) in [5.41, 5.74) is 11.0. The van der Waals surface area contributed by atoms with Gasteiger partial charge in [-0.15, -0.1) is 0 Å². The molecule has 1 aliphatic heterocycles. The number of hydrogen-bond donors (Lipinski definition) is 1. The second-order valence-electron chi connectivity index (χ2n) is 8.06. The molecule has 0 saturated carbocycles. The summed E-state index contributed by atoms with van der Waals surface area (Å²) in [5, 5.41) is 4.16. The first-order valence-corrected chi connectivity index (χ1v) is 10.6. The zero-order valence-corrected chi connectivity index (χ0v) is 18.8. The number of rotatable bonds is 6. The number of nitrogens with two attached hydrogens (primary N) is 1. The first-order valence-electron chi connectivity index (χ1n) is 10.6. The van der Waals surface area contributed by atoms with Crippen LogP contribution in [0, 0.1) is 13.8 Å². The number of allylic oxidation sites excluding steroid dienone is 1. The fourth-order valence-electron chi connectivity index (χ4n) is 3.64. The van der Waals surface area contributed by atoms with Gasteiger partial charge in [0.05, 0.1) is 5.56 Å². The lowest BCUT2D eigenvalue weighted by atomic mass is 10.0. The van der Waals surface area contributed by atoms with Crippen molar-refractivity contribution >= 4 is 11.7 Å². The van der Waals surface area contributed by atoms with Gasteiger partial charge in [-0.05, 0) is 50.5 Å². The molecule has 3 aromatic heterocycles. The first kappa shape index (κ1) is 22.2. The van der Waals surface area contributed by atoms with Crippen LogP contribution in [0.15, 0.2) is 46.9 Å². The Balaban J connectivity index is 1.45. The maximum absolute atomic E-state index is 12.4. The summed E-state index contributed by atoms with van der Waals surface area (Å²) < 4.78 is 11.3. The van der Waals surface area contributed by atoms with Gasteiger partial charge in [0.2, 0.25) is 11.7 Å². The maximum Gasteiger partial charge on any atom is 0.294 e. The van der Waals surface area contributed by atoms with E-state index in [2.05, 4.69) is 15.1 Å². The van der Waals surface area contributed by atoms with Gasteiger partial charge < -0.3 is 19.9 Å². The largest absolute Gasteiger partial charge is 0.473 e. The summed E-state index contributed by atoms with van der Waals surface area (Å²) in [6.45, 7) is 6.34. The third kappa shape index (κ3) is 4.92. The fraction of sp³-hybridized carbons (Fsp3) is 0.292. The molecule has 33 heavy (non-hydrogen) atoms. The lowest BCUT2D eigenvalue weighted by molar-refractivity contribution is -0.142. The molecule has 0 radical (unpaired) electrons. The van der Waals surface area contributed by atoms with Crippen molar-refractivity contribution in [1.29, 1.82) is 0 Å². The molecule has 1 aliphatic rings. The number of nitrogens with zero attached hydrogens (tertiary/aromatic N) is 4. The third-order valence-electron chi connectivity index (χ3n) is 5.46. The lowest BCUT2D eigenvalue weighted by Crippen LogP contribution is -2.39. The second-order valence-corrected chi connectivity index (χ2v) is 8.06. The van der Waals surface area contributed by atoms with Crippen LogP contribution in [0.4, 0.5) is 0 Å². The molecule has 0 spiro atoms. The minimum Gasteiger partial charge on any atom is -0.473 e. The average Bonchev–Trinajstić information content (AvgIpc) is 3.17. The van der Waals surface area contributed by atoms with Crippen molar-refractivity contribution in [2.75, 3.05) is 6.54 Å². The molecule has 0 aromatic carbocycles. The van der Waals surface area contributed by atoms with E-state index in [9.17, 15) is 9.59 Å². The Morgan fingerprint density at radius 3 is 2.76 bits per heavy atom. The van der Waals surface area contributed by atoms with Crippen LogP contribution in [-0.4, -0.2) is 38.3 Å². The van der Waals surface area contributed by atoms with Gasteiger partial charge in [-0.3, -0.25) is 14.6 Å². The van der Waals surface area contributed by atoms with E-state index >= 15 is 0 Å². The third-order valence-corrected chi connectivity index (χ3v) is 5.46. The van der Waals surface area contributed by atoms with E-state index in [0.29, 0.717) is 42.5 Å². The Labute approximate surface area is 191 Å². The number of carbonyl (C=O) groups excluding carboxylic acids is 2. The minimum atomic E-state index is -0.616. The van der Waals surface area contributed by atoms with E-state index in [1.165, 1.54) is 4.90 Å². The van der Waals surface area contributed by atoms with Crippen LogP contribution in [0.2, 0.25) is 0 Å². The molecular weight excluding hydrogens is 422 g/mol. The van der Waals surface area contributed by atoms with Gasteiger partial charge in [0.15, 0.2) is 0 Å². The van der Waals surface area contributed by atoms with Gasteiger partial charge >= 0.3 is 0 Å². The lowest BCUT2D eigenvalue weighted by Gasteiger charge is -2.28. The standard InChI is InChI=1S/C24H25N5O4/c1-14(25)8-21(30)24(31)29-7-6-17-9-22(27-11-19(17)12-29)32-13-20-16(3)33-28-23(20)18-5-4-15(2)26-10-18/h4-5,8-11H,6-7,12-13,25H2,1-3H3. The fourth-order valence-corrected chi connectivity index (χ4v) is 3.64. The molecule has 0 aliphatic carbocycles. The number of carbonyl (C=O) groups is 2. The summed E-state index contributed by atoms with van der Waals surface area (Å²) >= 11 is 0. The van der Waals surface area contributed by atoms with Gasteiger partial charge in [0, 0.05) is 54.6 Å². The van der Waals surface area contributed by atoms with E-state index in [0.717, 1.165) is 34.0 Å². The predicted molar refractivity (Wildman–Crippen MR) is 120 cm³/mol. The van der Waals surface area contributed by atoms with Crippen LogP contribution in [0.5, 0.6) is 5.88 Å².